The van der Waals surface area contributed by atoms with Gasteiger partial charge in [0.25, 0.3) is 0 Å². The Balaban J connectivity index is 2.18. The molecule has 0 atom stereocenters. The molecule has 3 heteroatoms. The third kappa shape index (κ3) is 2.65. The first-order valence-corrected chi connectivity index (χ1v) is 6.06. The van der Waals surface area contributed by atoms with Crippen molar-refractivity contribution < 1.29 is 14.6 Å². The zero-order chi connectivity index (χ0) is 11.4. The van der Waals surface area contributed by atoms with E-state index in [9.17, 15) is 4.79 Å². The van der Waals surface area contributed by atoms with Gasteiger partial charge in [-0.2, -0.15) is 0 Å². The monoisotopic (exact) mass is 222 g/mol. The summed E-state index contributed by atoms with van der Waals surface area (Å²) in [5, 5.41) is 9.07. The van der Waals surface area contributed by atoms with Crippen molar-refractivity contribution in [3.8, 4) is 0 Å². The molecule has 3 nitrogen and oxygen atoms in total. The molecular formula is C13H18O3. The molecule has 1 heterocycles. The van der Waals surface area contributed by atoms with E-state index in [0.717, 1.165) is 19.3 Å². The van der Waals surface area contributed by atoms with Gasteiger partial charge < -0.3 is 9.84 Å². The molecule has 0 unspecified atom stereocenters. The van der Waals surface area contributed by atoms with E-state index in [1.807, 2.05) is 6.08 Å². The van der Waals surface area contributed by atoms with Crippen molar-refractivity contribution in [2.45, 2.75) is 44.9 Å². The Labute approximate surface area is 95.8 Å². The average molecular weight is 222 g/mol. The second-order valence-corrected chi connectivity index (χ2v) is 4.46. The first kappa shape index (κ1) is 11.2. The fraction of sp³-hybridized carbons (Fsp3) is 0.615. The molecule has 0 aromatic heterocycles. The molecule has 0 aromatic carbocycles. The summed E-state index contributed by atoms with van der Waals surface area (Å²) in [5.41, 5.74) is 1.80. The Hall–Kier alpha value is -1.25. The Morgan fingerprint density at radius 3 is 2.56 bits per heavy atom. The van der Waals surface area contributed by atoms with Crippen LogP contribution in [0.3, 0.4) is 0 Å². The van der Waals surface area contributed by atoms with Crippen LogP contribution in [0.25, 0.3) is 0 Å². The van der Waals surface area contributed by atoms with Crippen LogP contribution in [0, 0.1) is 0 Å². The van der Waals surface area contributed by atoms with Gasteiger partial charge in [-0.15, -0.1) is 0 Å². The summed E-state index contributed by atoms with van der Waals surface area (Å²) >= 11 is 0. The highest BCUT2D eigenvalue weighted by molar-refractivity contribution is 5.87. The van der Waals surface area contributed by atoms with Gasteiger partial charge in [-0.3, -0.25) is 0 Å². The maximum absolute atomic E-state index is 11.0. The highest BCUT2D eigenvalue weighted by Gasteiger charge is 2.19. The van der Waals surface area contributed by atoms with Crippen molar-refractivity contribution >= 4 is 5.97 Å². The van der Waals surface area contributed by atoms with E-state index in [1.165, 1.54) is 24.8 Å². The lowest BCUT2D eigenvalue weighted by molar-refractivity contribution is -0.133. The van der Waals surface area contributed by atoms with Crippen LogP contribution in [0.4, 0.5) is 0 Å². The minimum atomic E-state index is -0.831. The number of hydrogen-bond donors (Lipinski definition) is 1. The topological polar surface area (TPSA) is 46.5 Å². The van der Waals surface area contributed by atoms with Gasteiger partial charge in [0.2, 0.25) is 0 Å². The summed E-state index contributed by atoms with van der Waals surface area (Å²) < 4.78 is 5.48. The van der Waals surface area contributed by atoms with Crippen LogP contribution in [0.15, 0.2) is 23.0 Å². The minimum Gasteiger partial charge on any atom is -0.493 e. The lowest BCUT2D eigenvalue weighted by Gasteiger charge is -2.19. The molecular weight excluding hydrogens is 204 g/mol. The van der Waals surface area contributed by atoms with Crippen LogP contribution >= 0.6 is 0 Å². The van der Waals surface area contributed by atoms with Crippen molar-refractivity contribution in [2.24, 2.45) is 0 Å². The molecule has 16 heavy (non-hydrogen) atoms. The predicted octanol–water partition coefficient (Wildman–Crippen LogP) is 3.03. The number of aliphatic carboxylic acids is 1. The first-order chi connectivity index (χ1) is 7.77. The molecule has 1 aliphatic heterocycles. The summed E-state index contributed by atoms with van der Waals surface area (Å²) in [6.45, 7) is 0.649. The van der Waals surface area contributed by atoms with Crippen molar-refractivity contribution in [1.29, 1.82) is 0 Å². The Kier molecular flexibility index (Phi) is 3.65. The number of ether oxygens (including phenoxy) is 1. The van der Waals surface area contributed by atoms with Gasteiger partial charge in [0.15, 0.2) is 0 Å². The van der Waals surface area contributed by atoms with Crippen LogP contribution in [0.2, 0.25) is 0 Å². The van der Waals surface area contributed by atoms with Gasteiger partial charge in [0.05, 0.1) is 12.2 Å². The molecule has 2 rings (SSSR count). The third-order valence-corrected chi connectivity index (χ3v) is 3.22. The molecule has 1 aliphatic carbocycles. The summed E-state index contributed by atoms with van der Waals surface area (Å²) in [4.78, 5) is 11.0. The molecule has 0 amide bonds. The van der Waals surface area contributed by atoms with Gasteiger partial charge in [-0.25, -0.2) is 4.79 Å². The van der Waals surface area contributed by atoms with Crippen molar-refractivity contribution in [3.63, 3.8) is 0 Å². The highest BCUT2D eigenvalue weighted by atomic mass is 16.5. The lowest BCUT2D eigenvalue weighted by Crippen LogP contribution is -2.13. The van der Waals surface area contributed by atoms with Gasteiger partial charge >= 0.3 is 5.97 Å². The zero-order valence-corrected chi connectivity index (χ0v) is 9.50. The maximum atomic E-state index is 11.0. The van der Waals surface area contributed by atoms with E-state index in [2.05, 4.69) is 0 Å². The van der Waals surface area contributed by atoms with Crippen LogP contribution < -0.4 is 0 Å². The SMILES string of the molecule is O=C(O)C1=C(C=C2CCCCC2)OCCC1. The normalized spacial score (nSPS) is 21.6. The molecule has 0 saturated heterocycles. The van der Waals surface area contributed by atoms with Gasteiger partial charge in [-0.1, -0.05) is 12.0 Å². The van der Waals surface area contributed by atoms with Crippen molar-refractivity contribution in [2.75, 3.05) is 6.61 Å². The molecule has 88 valence electrons. The summed E-state index contributed by atoms with van der Waals surface area (Å²) in [5.74, 6) is -0.224. The van der Waals surface area contributed by atoms with E-state index in [1.54, 1.807) is 0 Å². The number of carbonyl (C=O) groups is 1. The molecule has 0 radical (unpaired) electrons. The molecule has 1 N–H and O–H groups in total. The van der Waals surface area contributed by atoms with Crippen LogP contribution in [-0.4, -0.2) is 17.7 Å². The van der Waals surface area contributed by atoms with Crippen LogP contribution in [0.1, 0.15) is 44.9 Å². The summed E-state index contributed by atoms with van der Waals surface area (Å²) in [6.07, 6.45) is 9.36. The Bertz CT molecular complexity index is 331. The van der Waals surface area contributed by atoms with Crippen LogP contribution in [-0.2, 0) is 9.53 Å². The molecule has 1 fully saturated rings. The van der Waals surface area contributed by atoms with Crippen molar-refractivity contribution in [3.05, 3.63) is 23.0 Å². The van der Waals surface area contributed by atoms with Gasteiger partial charge in [0.1, 0.15) is 5.76 Å². The molecule has 0 bridgehead atoms. The minimum absolute atomic E-state index is 0.448. The van der Waals surface area contributed by atoms with Gasteiger partial charge in [0, 0.05) is 0 Å². The molecule has 0 spiro atoms. The Morgan fingerprint density at radius 2 is 1.88 bits per heavy atom. The fourth-order valence-corrected chi connectivity index (χ4v) is 2.32. The molecule has 2 aliphatic rings. The second-order valence-electron chi connectivity index (χ2n) is 4.46. The van der Waals surface area contributed by atoms with Gasteiger partial charge in [-0.05, 0) is 44.6 Å². The van der Waals surface area contributed by atoms with E-state index in [4.69, 9.17) is 9.84 Å². The third-order valence-electron chi connectivity index (χ3n) is 3.22. The van der Waals surface area contributed by atoms with E-state index in [0.29, 0.717) is 24.4 Å². The van der Waals surface area contributed by atoms with E-state index in [-0.39, 0.29) is 0 Å². The van der Waals surface area contributed by atoms with E-state index < -0.39 is 5.97 Å². The standard InChI is InChI=1S/C13H18O3/c14-13(15)11-7-4-8-16-12(11)9-10-5-2-1-3-6-10/h9H,1-8H2,(H,14,15). The molecule has 1 saturated carbocycles. The van der Waals surface area contributed by atoms with Crippen LogP contribution in [0.5, 0.6) is 0 Å². The largest absolute Gasteiger partial charge is 0.493 e. The van der Waals surface area contributed by atoms with Crippen molar-refractivity contribution in [1.82, 2.24) is 0 Å². The lowest BCUT2D eigenvalue weighted by atomic mass is 9.93. The maximum Gasteiger partial charge on any atom is 0.335 e. The summed E-state index contributed by atoms with van der Waals surface area (Å²) in [7, 11) is 0. The number of allylic oxidation sites excluding steroid dienone is 2. The number of carboxylic acid groups (broad SMARTS) is 1. The number of rotatable bonds is 2. The fourth-order valence-electron chi connectivity index (χ4n) is 2.32. The van der Waals surface area contributed by atoms with E-state index >= 15 is 0 Å². The quantitative estimate of drug-likeness (QED) is 0.781. The predicted molar refractivity (Wildman–Crippen MR) is 61.0 cm³/mol. The first-order valence-electron chi connectivity index (χ1n) is 6.06. The number of carboxylic acids is 1. The zero-order valence-electron chi connectivity index (χ0n) is 9.50. The number of hydrogen-bond acceptors (Lipinski definition) is 2. The average Bonchev–Trinajstić information content (AvgIpc) is 2.31. The molecule has 0 aromatic rings. The second kappa shape index (κ2) is 5.19. The Morgan fingerprint density at radius 1 is 1.12 bits per heavy atom. The summed E-state index contributed by atoms with van der Waals surface area (Å²) in [6, 6.07) is 0. The smallest absolute Gasteiger partial charge is 0.335 e. The highest BCUT2D eigenvalue weighted by Crippen LogP contribution is 2.27.